The maximum atomic E-state index is 13.3. The molecular weight excluding hydrogens is 412 g/mol. The molecule has 170 valence electrons. The molecule has 2 aliphatic rings. The van der Waals surface area contributed by atoms with E-state index >= 15 is 0 Å². The van der Waals surface area contributed by atoms with Gasteiger partial charge in [-0.25, -0.2) is 4.68 Å². The number of nitrogens with one attached hydrogen (secondary N) is 2. The third kappa shape index (κ3) is 4.22. The second kappa shape index (κ2) is 8.34. The van der Waals surface area contributed by atoms with Crippen LogP contribution >= 0.6 is 0 Å². The first-order chi connectivity index (χ1) is 15.2. The zero-order valence-electron chi connectivity index (χ0n) is 18.3. The standard InChI is InChI=1S/C22H28N6O4/c1-13-14-4-3-5-15(24-12-18(30)27-10-8-22(2,23)9-11-27)19(14)21(32)28(26-13)16-6-7-17(29)25-20(16)31/h3-5,16,24H,6-12,23H2,1-2H3,(H,25,29,31). The predicted octanol–water partition coefficient (Wildman–Crippen LogP) is 0.434. The van der Waals surface area contributed by atoms with Crippen molar-refractivity contribution >= 4 is 34.2 Å². The van der Waals surface area contributed by atoms with E-state index in [2.05, 4.69) is 15.7 Å². The lowest BCUT2D eigenvalue weighted by Gasteiger charge is -2.36. The lowest BCUT2D eigenvalue weighted by molar-refractivity contribution is -0.136. The summed E-state index contributed by atoms with van der Waals surface area (Å²) in [6.07, 6.45) is 1.85. The number of imide groups is 1. The molecule has 0 saturated carbocycles. The molecule has 1 unspecified atom stereocenters. The number of aryl methyl sites for hydroxylation is 1. The van der Waals surface area contributed by atoms with Crippen molar-refractivity contribution in [1.82, 2.24) is 20.0 Å². The summed E-state index contributed by atoms with van der Waals surface area (Å²) in [5, 5.41) is 10.7. The first-order valence-corrected chi connectivity index (χ1v) is 10.8. The number of carbonyl (C=O) groups is 3. The van der Waals surface area contributed by atoms with Crippen LogP contribution in [0.15, 0.2) is 23.0 Å². The molecule has 1 aromatic heterocycles. The quantitative estimate of drug-likeness (QED) is 0.586. The number of aromatic nitrogens is 2. The van der Waals surface area contributed by atoms with Gasteiger partial charge in [0.15, 0.2) is 0 Å². The highest BCUT2D eigenvalue weighted by Crippen LogP contribution is 2.24. The monoisotopic (exact) mass is 440 g/mol. The fourth-order valence-corrected chi connectivity index (χ4v) is 4.28. The maximum absolute atomic E-state index is 13.3. The summed E-state index contributed by atoms with van der Waals surface area (Å²) >= 11 is 0. The summed E-state index contributed by atoms with van der Waals surface area (Å²) in [7, 11) is 0. The van der Waals surface area contributed by atoms with Crippen molar-refractivity contribution in [3.05, 3.63) is 34.2 Å². The summed E-state index contributed by atoms with van der Waals surface area (Å²) < 4.78 is 1.15. The van der Waals surface area contributed by atoms with Gasteiger partial charge in [-0.05, 0) is 39.2 Å². The van der Waals surface area contributed by atoms with E-state index in [1.807, 2.05) is 6.92 Å². The Kier molecular flexibility index (Phi) is 5.72. The number of fused-ring (bicyclic) bond motifs is 1. The van der Waals surface area contributed by atoms with Crippen molar-refractivity contribution in [2.24, 2.45) is 5.73 Å². The molecule has 4 rings (SSSR count). The molecule has 0 spiro atoms. The third-order valence-corrected chi connectivity index (χ3v) is 6.33. The fourth-order valence-electron chi connectivity index (χ4n) is 4.28. The van der Waals surface area contributed by atoms with Gasteiger partial charge in [0.1, 0.15) is 6.04 Å². The van der Waals surface area contributed by atoms with E-state index in [9.17, 15) is 19.2 Å². The average Bonchev–Trinajstić information content (AvgIpc) is 2.74. The van der Waals surface area contributed by atoms with Crippen LogP contribution in [0.4, 0.5) is 5.69 Å². The van der Waals surface area contributed by atoms with Crippen molar-refractivity contribution < 1.29 is 14.4 Å². The molecule has 10 nitrogen and oxygen atoms in total. The topological polar surface area (TPSA) is 139 Å². The molecule has 2 aromatic rings. The van der Waals surface area contributed by atoms with Crippen molar-refractivity contribution in [1.29, 1.82) is 0 Å². The normalized spacial score (nSPS) is 20.8. The molecule has 0 radical (unpaired) electrons. The first-order valence-electron chi connectivity index (χ1n) is 10.8. The van der Waals surface area contributed by atoms with E-state index in [1.54, 1.807) is 30.0 Å². The van der Waals surface area contributed by atoms with Gasteiger partial charge in [-0.1, -0.05) is 12.1 Å². The van der Waals surface area contributed by atoms with Crippen molar-refractivity contribution in [2.75, 3.05) is 25.0 Å². The largest absolute Gasteiger partial charge is 0.375 e. The molecule has 0 bridgehead atoms. The number of benzene rings is 1. The van der Waals surface area contributed by atoms with E-state index < -0.39 is 17.5 Å². The molecule has 1 aromatic carbocycles. The Balaban J connectivity index is 1.61. The third-order valence-electron chi connectivity index (χ3n) is 6.33. The van der Waals surface area contributed by atoms with Crippen LogP contribution in [0.5, 0.6) is 0 Å². The maximum Gasteiger partial charge on any atom is 0.277 e. The number of nitrogens with zero attached hydrogens (tertiary/aromatic N) is 3. The van der Waals surface area contributed by atoms with Gasteiger partial charge in [-0.3, -0.25) is 24.5 Å². The smallest absolute Gasteiger partial charge is 0.277 e. The lowest BCUT2D eigenvalue weighted by Crippen LogP contribution is -2.50. The molecule has 4 N–H and O–H groups in total. The van der Waals surface area contributed by atoms with Crippen LogP contribution in [0.1, 0.15) is 44.3 Å². The highest BCUT2D eigenvalue weighted by atomic mass is 16.2. The minimum atomic E-state index is -0.850. The van der Waals surface area contributed by atoms with Crippen LogP contribution in [-0.2, 0) is 14.4 Å². The molecular formula is C22H28N6O4. The molecule has 0 aliphatic carbocycles. The Morgan fingerprint density at radius 1 is 1.28 bits per heavy atom. The number of hydrogen-bond donors (Lipinski definition) is 3. The van der Waals surface area contributed by atoms with Crippen LogP contribution in [0, 0.1) is 6.92 Å². The Labute approximate surface area is 185 Å². The van der Waals surface area contributed by atoms with Crippen LogP contribution in [0.2, 0.25) is 0 Å². The second-order valence-corrected chi connectivity index (χ2v) is 8.92. The molecule has 10 heteroatoms. The number of amides is 3. The number of hydrogen-bond acceptors (Lipinski definition) is 7. The van der Waals surface area contributed by atoms with E-state index in [-0.39, 0.29) is 36.7 Å². The molecule has 3 heterocycles. The zero-order valence-corrected chi connectivity index (χ0v) is 18.3. The van der Waals surface area contributed by atoms with E-state index in [0.717, 1.165) is 17.5 Å². The van der Waals surface area contributed by atoms with Gasteiger partial charge >= 0.3 is 0 Å². The van der Waals surface area contributed by atoms with E-state index in [1.165, 1.54) is 0 Å². The van der Waals surface area contributed by atoms with Crippen LogP contribution in [0.25, 0.3) is 10.8 Å². The number of likely N-dealkylation sites (tertiary alicyclic amines) is 1. The second-order valence-electron chi connectivity index (χ2n) is 8.92. The first kappa shape index (κ1) is 21.9. The molecule has 2 aliphatic heterocycles. The molecule has 2 fully saturated rings. The Morgan fingerprint density at radius 3 is 2.69 bits per heavy atom. The van der Waals surface area contributed by atoms with Gasteiger partial charge in [0.05, 0.1) is 17.6 Å². The van der Waals surface area contributed by atoms with E-state index in [4.69, 9.17) is 5.73 Å². The van der Waals surface area contributed by atoms with Crippen LogP contribution < -0.4 is 21.9 Å². The van der Waals surface area contributed by atoms with Gasteiger partial charge < -0.3 is 16.0 Å². The molecule has 1 atom stereocenters. The highest BCUT2D eigenvalue weighted by molar-refractivity contribution is 6.00. The van der Waals surface area contributed by atoms with Gasteiger partial charge in [-0.15, -0.1) is 0 Å². The minimum Gasteiger partial charge on any atom is -0.375 e. The Hall–Kier alpha value is -3.27. The summed E-state index contributed by atoms with van der Waals surface area (Å²) in [5.41, 5.74) is 6.55. The Bertz CT molecular complexity index is 1150. The molecule has 3 amide bonds. The van der Waals surface area contributed by atoms with Gasteiger partial charge in [0.25, 0.3) is 11.5 Å². The summed E-state index contributed by atoms with van der Waals surface area (Å²) in [6, 6.07) is 4.46. The average molecular weight is 441 g/mol. The summed E-state index contributed by atoms with van der Waals surface area (Å²) in [5.74, 6) is -0.952. The number of carbonyl (C=O) groups excluding carboxylic acids is 3. The Morgan fingerprint density at radius 2 is 2.00 bits per heavy atom. The highest BCUT2D eigenvalue weighted by Gasteiger charge is 2.31. The van der Waals surface area contributed by atoms with E-state index in [0.29, 0.717) is 35.2 Å². The fraction of sp³-hybridized carbons (Fsp3) is 0.500. The lowest BCUT2D eigenvalue weighted by atomic mass is 9.91. The van der Waals surface area contributed by atoms with Crippen molar-refractivity contribution in [2.45, 2.75) is 51.1 Å². The van der Waals surface area contributed by atoms with Gasteiger partial charge in [0.2, 0.25) is 11.8 Å². The van der Waals surface area contributed by atoms with Crippen LogP contribution in [0.3, 0.4) is 0 Å². The molecule has 2 saturated heterocycles. The number of piperidine rings is 2. The number of anilines is 1. The minimum absolute atomic E-state index is 0.0413. The van der Waals surface area contributed by atoms with Gasteiger partial charge in [-0.2, -0.15) is 5.10 Å². The zero-order chi connectivity index (χ0) is 23.0. The SMILES string of the molecule is Cc1nn(C2CCC(=O)NC2=O)c(=O)c2c(NCC(=O)N3CCC(C)(N)CC3)cccc12. The molecule has 32 heavy (non-hydrogen) atoms. The number of nitrogens with two attached hydrogens (primary N) is 1. The van der Waals surface area contributed by atoms with Crippen molar-refractivity contribution in [3.63, 3.8) is 0 Å². The van der Waals surface area contributed by atoms with Crippen LogP contribution in [-0.4, -0.2) is 57.6 Å². The van der Waals surface area contributed by atoms with Gasteiger partial charge in [0, 0.05) is 36.1 Å². The summed E-state index contributed by atoms with van der Waals surface area (Å²) in [6.45, 7) is 5.01. The summed E-state index contributed by atoms with van der Waals surface area (Å²) in [4.78, 5) is 51.6. The number of rotatable bonds is 4. The predicted molar refractivity (Wildman–Crippen MR) is 119 cm³/mol. The van der Waals surface area contributed by atoms with Crippen molar-refractivity contribution in [3.8, 4) is 0 Å².